The molecular weight excluding hydrogens is 340 g/mol. The number of carboxylic acid groups (broad SMARTS) is 1. The minimum atomic E-state index is -1.01. The van der Waals surface area contributed by atoms with Gasteiger partial charge in [0, 0.05) is 11.8 Å². The minimum Gasteiger partial charge on any atom is -0.478 e. The molecule has 0 spiro atoms. The number of rotatable bonds is 4. The van der Waals surface area contributed by atoms with Gasteiger partial charge in [-0.25, -0.2) is 9.78 Å². The summed E-state index contributed by atoms with van der Waals surface area (Å²) in [6, 6.07) is 20.5. The van der Waals surface area contributed by atoms with Crippen LogP contribution >= 0.6 is 0 Å². The van der Waals surface area contributed by atoms with Gasteiger partial charge < -0.3 is 5.11 Å². The third-order valence-corrected chi connectivity index (χ3v) is 4.26. The summed E-state index contributed by atoms with van der Waals surface area (Å²) in [4.78, 5) is 16.0. The fourth-order valence-electron chi connectivity index (χ4n) is 2.82. The summed E-state index contributed by atoms with van der Waals surface area (Å²) in [6.45, 7) is 1.96. The molecular formula is C21H16N4O2. The fraction of sp³-hybridized carbons (Fsp3) is 0.0476. The maximum absolute atomic E-state index is 11.4. The Morgan fingerprint density at radius 3 is 2.44 bits per heavy atom. The molecule has 0 aliphatic heterocycles. The van der Waals surface area contributed by atoms with Crippen molar-refractivity contribution >= 4 is 23.1 Å². The van der Waals surface area contributed by atoms with Crippen molar-refractivity contribution in [2.75, 3.05) is 0 Å². The summed E-state index contributed by atoms with van der Waals surface area (Å²) in [5.74, 6) is -0.517. The first-order valence-electron chi connectivity index (χ1n) is 8.41. The van der Waals surface area contributed by atoms with Gasteiger partial charge in [-0.1, -0.05) is 48.5 Å². The van der Waals surface area contributed by atoms with Gasteiger partial charge in [0.05, 0.1) is 11.3 Å². The number of hydrogen-bond acceptors (Lipinski definition) is 4. The molecule has 1 N–H and O–H groups in total. The molecule has 0 fully saturated rings. The quantitative estimate of drug-likeness (QED) is 0.496. The number of imidazole rings is 1. The Kier molecular flexibility index (Phi) is 4.22. The van der Waals surface area contributed by atoms with Crippen molar-refractivity contribution in [3.63, 3.8) is 0 Å². The van der Waals surface area contributed by atoms with Crippen LogP contribution in [0.15, 0.2) is 83.2 Å². The second-order valence-electron chi connectivity index (χ2n) is 6.09. The van der Waals surface area contributed by atoms with E-state index < -0.39 is 5.97 Å². The predicted molar refractivity (Wildman–Crippen MR) is 103 cm³/mol. The zero-order valence-electron chi connectivity index (χ0n) is 14.6. The maximum atomic E-state index is 11.4. The molecule has 0 saturated carbocycles. The molecule has 132 valence electrons. The lowest BCUT2D eigenvalue weighted by atomic mass is 10.1. The number of hydrogen-bond donors (Lipinski definition) is 1. The highest BCUT2D eigenvalue weighted by atomic mass is 16.4. The van der Waals surface area contributed by atoms with Crippen molar-refractivity contribution in [1.29, 1.82) is 0 Å². The highest BCUT2D eigenvalue weighted by molar-refractivity contribution is 5.88. The van der Waals surface area contributed by atoms with Crippen LogP contribution in [0, 0.1) is 6.92 Å². The van der Waals surface area contributed by atoms with Crippen LogP contribution in [0.3, 0.4) is 0 Å². The van der Waals surface area contributed by atoms with Gasteiger partial charge in [0.25, 0.3) is 0 Å². The molecule has 0 saturated heterocycles. The summed E-state index contributed by atoms with van der Waals surface area (Å²) >= 11 is 0. The molecule has 0 aliphatic rings. The van der Waals surface area contributed by atoms with E-state index in [0.29, 0.717) is 17.2 Å². The Hall–Kier alpha value is -3.80. The van der Waals surface area contributed by atoms with Crippen LogP contribution in [0.2, 0.25) is 0 Å². The second-order valence-corrected chi connectivity index (χ2v) is 6.09. The van der Waals surface area contributed by atoms with E-state index in [1.807, 2.05) is 61.5 Å². The number of aryl methyl sites for hydroxylation is 1. The predicted octanol–water partition coefficient (Wildman–Crippen LogP) is 5.42. The number of aromatic nitrogens is 2. The Morgan fingerprint density at radius 1 is 0.963 bits per heavy atom. The molecule has 0 radical (unpaired) electrons. The molecule has 4 aromatic rings. The number of pyridine rings is 1. The van der Waals surface area contributed by atoms with E-state index in [4.69, 9.17) is 0 Å². The lowest BCUT2D eigenvalue weighted by Crippen LogP contribution is -1.98. The number of azo groups is 1. The van der Waals surface area contributed by atoms with E-state index in [2.05, 4.69) is 15.2 Å². The van der Waals surface area contributed by atoms with Crippen LogP contribution in [0.5, 0.6) is 0 Å². The van der Waals surface area contributed by atoms with Gasteiger partial charge in [-0.05, 0) is 30.7 Å². The number of fused-ring (bicyclic) bond motifs is 1. The van der Waals surface area contributed by atoms with Gasteiger partial charge in [0.1, 0.15) is 11.3 Å². The topological polar surface area (TPSA) is 79.3 Å². The van der Waals surface area contributed by atoms with E-state index in [9.17, 15) is 9.90 Å². The Labute approximate surface area is 155 Å². The fourth-order valence-corrected chi connectivity index (χ4v) is 2.82. The number of nitrogens with zero attached hydrogens (tertiary/aromatic N) is 4. The zero-order chi connectivity index (χ0) is 18.8. The molecule has 27 heavy (non-hydrogen) atoms. The monoisotopic (exact) mass is 356 g/mol. The van der Waals surface area contributed by atoms with E-state index >= 15 is 0 Å². The molecule has 2 aromatic carbocycles. The third-order valence-electron chi connectivity index (χ3n) is 4.26. The van der Waals surface area contributed by atoms with Crippen molar-refractivity contribution in [2.45, 2.75) is 6.92 Å². The lowest BCUT2D eigenvalue weighted by molar-refractivity contribution is 0.0696. The molecule has 0 aliphatic carbocycles. The van der Waals surface area contributed by atoms with Crippen LogP contribution in [0.1, 0.15) is 15.9 Å². The molecule has 2 heterocycles. The van der Waals surface area contributed by atoms with Crippen LogP contribution in [-0.2, 0) is 0 Å². The summed E-state index contributed by atoms with van der Waals surface area (Å²) < 4.78 is 1.66. The third kappa shape index (κ3) is 3.20. The first-order chi connectivity index (χ1) is 13.1. The van der Waals surface area contributed by atoms with Crippen LogP contribution in [-0.4, -0.2) is 20.5 Å². The van der Waals surface area contributed by atoms with Gasteiger partial charge >= 0.3 is 5.97 Å². The Bertz CT molecular complexity index is 1160. The normalized spacial score (nSPS) is 11.3. The maximum Gasteiger partial charge on any atom is 0.337 e. The van der Waals surface area contributed by atoms with E-state index in [-0.39, 0.29) is 5.56 Å². The van der Waals surface area contributed by atoms with Gasteiger partial charge in [-0.2, -0.15) is 0 Å². The molecule has 4 rings (SSSR count). The number of carboxylic acids is 1. The van der Waals surface area contributed by atoms with E-state index in [1.165, 1.54) is 12.3 Å². The highest BCUT2D eigenvalue weighted by Crippen LogP contribution is 2.32. The van der Waals surface area contributed by atoms with Crippen molar-refractivity contribution in [2.24, 2.45) is 10.2 Å². The molecule has 6 nitrogen and oxygen atoms in total. The van der Waals surface area contributed by atoms with Gasteiger partial charge in [0.15, 0.2) is 5.82 Å². The number of carbonyl (C=O) groups is 1. The van der Waals surface area contributed by atoms with Crippen molar-refractivity contribution in [3.05, 3.63) is 84.1 Å². The molecule has 2 aromatic heterocycles. The summed E-state index contributed by atoms with van der Waals surface area (Å²) in [5, 5.41) is 18.1. The Balaban J connectivity index is 1.93. The SMILES string of the molecule is Cc1ccccc1N=Nc1c(-c2ccccc2)nc2ccc(C(=O)O)cn12. The van der Waals surface area contributed by atoms with Crippen LogP contribution in [0.25, 0.3) is 16.9 Å². The first kappa shape index (κ1) is 16.7. The number of aromatic carboxylic acids is 1. The first-order valence-corrected chi connectivity index (χ1v) is 8.41. The molecule has 0 unspecified atom stereocenters. The largest absolute Gasteiger partial charge is 0.478 e. The average Bonchev–Trinajstić information content (AvgIpc) is 3.06. The number of benzene rings is 2. The summed E-state index contributed by atoms with van der Waals surface area (Å²) in [7, 11) is 0. The zero-order valence-corrected chi connectivity index (χ0v) is 14.6. The Morgan fingerprint density at radius 2 is 1.70 bits per heavy atom. The van der Waals surface area contributed by atoms with Crippen LogP contribution < -0.4 is 0 Å². The molecule has 6 heteroatoms. The minimum absolute atomic E-state index is 0.159. The summed E-state index contributed by atoms with van der Waals surface area (Å²) in [6.07, 6.45) is 1.52. The highest BCUT2D eigenvalue weighted by Gasteiger charge is 2.15. The van der Waals surface area contributed by atoms with E-state index in [1.54, 1.807) is 10.5 Å². The van der Waals surface area contributed by atoms with Crippen molar-refractivity contribution in [1.82, 2.24) is 9.38 Å². The lowest BCUT2D eigenvalue weighted by Gasteiger charge is -2.01. The standard InChI is InChI=1S/C21H16N4O2/c1-14-7-5-6-10-17(14)23-24-20-19(15-8-3-2-4-9-15)22-18-12-11-16(21(26)27)13-25(18)20/h2-13H,1H3,(H,26,27). The van der Waals surface area contributed by atoms with Gasteiger partial charge in [0.2, 0.25) is 0 Å². The van der Waals surface area contributed by atoms with Crippen molar-refractivity contribution < 1.29 is 9.90 Å². The van der Waals surface area contributed by atoms with E-state index in [0.717, 1.165) is 16.8 Å². The van der Waals surface area contributed by atoms with Gasteiger partial charge in [-0.15, -0.1) is 10.2 Å². The average molecular weight is 356 g/mol. The van der Waals surface area contributed by atoms with Crippen LogP contribution in [0.4, 0.5) is 11.5 Å². The molecule has 0 amide bonds. The second kappa shape index (κ2) is 6.84. The van der Waals surface area contributed by atoms with Gasteiger partial charge in [-0.3, -0.25) is 4.40 Å². The molecule has 0 atom stereocenters. The smallest absolute Gasteiger partial charge is 0.337 e. The summed E-state index contributed by atoms with van der Waals surface area (Å²) in [5.41, 5.74) is 4.06. The molecule has 0 bridgehead atoms. The van der Waals surface area contributed by atoms with Crippen molar-refractivity contribution in [3.8, 4) is 11.3 Å².